The molecule has 12 aromatic rings. The second-order valence-electron chi connectivity index (χ2n) is 15.2. The van der Waals surface area contributed by atoms with Crippen LogP contribution in [0.3, 0.4) is 0 Å². The SMILES string of the molecule is c1ccc(-c2nc(-c3ccccc3)nc(-c3cc4ccccc4cc3-c3ccc4c(c3)oc3c(-c5ccccc5)cc(-n5c6ccccc6c6ccccc65)cc34)n2)cc1. The van der Waals surface area contributed by atoms with E-state index in [1.54, 1.807) is 0 Å². The van der Waals surface area contributed by atoms with Gasteiger partial charge in [-0.2, -0.15) is 0 Å². The number of para-hydroxylation sites is 2. The summed E-state index contributed by atoms with van der Waals surface area (Å²) in [5, 5.41) is 6.80. The molecule has 0 atom stereocenters. The van der Waals surface area contributed by atoms with Crippen molar-refractivity contribution >= 4 is 54.5 Å². The maximum atomic E-state index is 6.98. The zero-order chi connectivity index (χ0) is 39.6. The van der Waals surface area contributed by atoms with Crippen LogP contribution in [0.25, 0.3) is 117 Å². The van der Waals surface area contributed by atoms with Crippen LogP contribution >= 0.6 is 0 Å². The Bertz CT molecular complexity index is 3480. The summed E-state index contributed by atoms with van der Waals surface area (Å²) in [4.78, 5) is 15.3. The van der Waals surface area contributed by atoms with Gasteiger partial charge in [-0.1, -0.05) is 158 Å². The molecule has 0 saturated heterocycles. The van der Waals surface area contributed by atoms with Crippen molar-refractivity contribution in [2.75, 3.05) is 0 Å². The summed E-state index contributed by atoms with van der Waals surface area (Å²) < 4.78 is 9.37. The van der Waals surface area contributed by atoms with Crippen molar-refractivity contribution in [3.05, 3.63) is 206 Å². The van der Waals surface area contributed by atoms with Gasteiger partial charge in [0, 0.05) is 49.5 Å². The second-order valence-corrected chi connectivity index (χ2v) is 15.2. The highest BCUT2D eigenvalue weighted by molar-refractivity contribution is 6.13. The fourth-order valence-electron chi connectivity index (χ4n) is 8.79. The lowest BCUT2D eigenvalue weighted by Gasteiger charge is -2.14. The maximum absolute atomic E-state index is 6.98. The van der Waals surface area contributed by atoms with Crippen molar-refractivity contribution in [1.29, 1.82) is 0 Å². The molecular weight excluding hydrogens is 733 g/mol. The lowest BCUT2D eigenvalue weighted by Crippen LogP contribution is -2.01. The van der Waals surface area contributed by atoms with E-state index in [1.807, 2.05) is 60.7 Å². The van der Waals surface area contributed by atoms with Gasteiger partial charge in [0.1, 0.15) is 11.2 Å². The number of aromatic nitrogens is 4. The van der Waals surface area contributed by atoms with E-state index in [4.69, 9.17) is 19.4 Å². The van der Waals surface area contributed by atoms with Crippen molar-refractivity contribution < 1.29 is 4.42 Å². The van der Waals surface area contributed by atoms with Gasteiger partial charge in [-0.25, -0.2) is 15.0 Å². The van der Waals surface area contributed by atoms with E-state index in [1.165, 1.54) is 21.8 Å². The first-order chi connectivity index (χ1) is 29.7. The van der Waals surface area contributed by atoms with E-state index in [0.717, 1.165) is 77.3 Å². The van der Waals surface area contributed by atoms with Gasteiger partial charge in [-0.05, 0) is 76.0 Å². The molecule has 280 valence electrons. The fraction of sp³-hybridized carbons (Fsp3) is 0. The van der Waals surface area contributed by atoms with Crippen molar-refractivity contribution in [2.45, 2.75) is 0 Å². The number of hydrogen-bond acceptors (Lipinski definition) is 4. The van der Waals surface area contributed by atoms with Crippen molar-refractivity contribution in [1.82, 2.24) is 19.5 Å². The third-order valence-electron chi connectivity index (χ3n) is 11.6. The molecule has 9 aromatic carbocycles. The number of hydrogen-bond donors (Lipinski definition) is 0. The van der Waals surface area contributed by atoms with E-state index in [2.05, 4.69) is 150 Å². The normalized spacial score (nSPS) is 11.7. The molecule has 0 aliphatic heterocycles. The molecule has 0 unspecified atom stereocenters. The van der Waals surface area contributed by atoms with Crippen LogP contribution in [0.1, 0.15) is 0 Å². The van der Waals surface area contributed by atoms with Crippen molar-refractivity contribution in [3.63, 3.8) is 0 Å². The zero-order valence-electron chi connectivity index (χ0n) is 32.3. The molecule has 0 radical (unpaired) electrons. The first-order valence-electron chi connectivity index (χ1n) is 20.2. The monoisotopic (exact) mass is 766 g/mol. The van der Waals surface area contributed by atoms with E-state index in [9.17, 15) is 0 Å². The van der Waals surface area contributed by atoms with Gasteiger partial charge in [-0.15, -0.1) is 0 Å². The molecule has 0 amide bonds. The summed E-state index contributed by atoms with van der Waals surface area (Å²) in [6.45, 7) is 0. The van der Waals surface area contributed by atoms with E-state index in [0.29, 0.717) is 17.5 Å². The molecule has 5 nitrogen and oxygen atoms in total. The average Bonchev–Trinajstić information content (AvgIpc) is 3.87. The molecule has 3 heterocycles. The lowest BCUT2D eigenvalue weighted by molar-refractivity contribution is 0.670. The number of fused-ring (bicyclic) bond motifs is 7. The third kappa shape index (κ3) is 5.59. The largest absolute Gasteiger partial charge is 0.455 e. The predicted molar refractivity (Wildman–Crippen MR) is 246 cm³/mol. The molecule has 0 spiro atoms. The molecule has 5 heteroatoms. The summed E-state index contributed by atoms with van der Waals surface area (Å²) in [5.74, 6) is 1.85. The summed E-state index contributed by atoms with van der Waals surface area (Å²) in [6.07, 6.45) is 0. The Balaban J connectivity index is 1.09. The van der Waals surface area contributed by atoms with Crippen LogP contribution < -0.4 is 0 Å². The van der Waals surface area contributed by atoms with Gasteiger partial charge in [0.2, 0.25) is 0 Å². The van der Waals surface area contributed by atoms with Gasteiger partial charge < -0.3 is 8.98 Å². The van der Waals surface area contributed by atoms with E-state index < -0.39 is 0 Å². The molecular formula is C55H34N4O. The van der Waals surface area contributed by atoms with Crippen LogP contribution in [0, 0.1) is 0 Å². The van der Waals surface area contributed by atoms with E-state index >= 15 is 0 Å². The van der Waals surface area contributed by atoms with Gasteiger partial charge in [0.25, 0.3) is 0 Å². The fourth-order valence-corrected chi connectivity index (χ4v) is 8.79. The predicted octanol–water partition coefficient (Wildman–Crippen LogP) is 14.4. The number of benzene rings is 9. The van der Waals surface area contributed by atoms with Gasteiger partial charge in [0.15, 0.2) is 17.5 Å². The molecule has 0 saturated carbocycles. The van der Waals surface area contributed by atoms with Crippen LogP contribution in [-0.4, -0.2) is 19.5 Å². The molecule has 0 fully saturated rings. The van der Waals surface area contributed by atoms with E-state index in [-0.39, 0.29) is 0 Å². The molecule has 0 aliphatic carbocycles. The molecule has 0 N–H and O–H groups in total. The molecule has 3 aromatic heterocycles. The van der Waals surface area contributed by atoms with Crippen LogP contribution in [0.2, 0.25) is 0 Å². The zero-order valence-corrected chi connectivity index (χ0v) is 32.3. The Hall–Kier alpha value is -8.15. The van der Waals surface area contributed by atoms with Crippen LogP contribution in [-0.2, 0) is 0 Å². The Morgan fingerprint density at radius 1 is 0.333 bits per heavy atom. The highest BCUT2D eigenvalue weighted by Crippen LogP contribution is 2.43. The highest BCUT2D eigenvalue weighted by Gasteiger charge is 2.21. The minimum Gasteiger partial charge on any atom is -0.455 e. The number of furan rings is 1. The first-order valence-corrected chi connectivity index (χ1v) is 20.2. The highest BCUT2D eigenvalue weighted by atomic mass is 16.3. The van der Waals surface area contributed by atoms with Gasteiger partial charge in [-0.3, -0.25) is 0 Å². The molecule has 0 bridgehead atoms. The molecule has 60 heavy (non-hydrogen) atoms. The summed E-state index contributed by atoms with van der Waals surface area (Å²) in [5.41, 5.74) is 12.0. The minimum atomic E-state index is 0.607. The standard InChI is InChI=1S/C55H34N4O/c1-4-16-35(17-5-1)46-33-41(59-49-26-14-12-24-42(49)43-25-13-15-27-50(43)59)34-47-44-29-28-40(32-51(44)60-52(46)47)45-30-38-22-10-11-23-39(38)31-48(45)55-57-53(36-18-6-2-7-19-36)56-54(58-55)37-20-8-3-9-21-37/h1-34H. The Morgan fingerprint density at radius 3 is 1.47 bits per heavy atom. The van der Waals surface area contributed by atoms with Gasteiger partial charge >= 0.3 is 0 Å². The first kappa shape index (κ1) is 33.9. The smallest absolute Gasteiger partial charge is 0.164 e. The quantitative estimate of drug-likeness (QED) is 0.169. The van der Waals surface area contributed by atoms with Gasteiger partial charge in [0.05, 0.1) is 11.0 Å². The third-order valence-corrected chi connectivity index (χ3v) is 11.6. The molecule has 0 aliphatic rings. The number of nitrogens with zero attached hydrogens (tertiary/aromatic N) is 4. The second kappa shape index (κ2) is 13.8. The Kier molecular flexibility index (Phi) is 7.78. The topological polar surface area (TPSA) is 56.7 Å². The summed E-state index contributed by atoms with van der Waals surface area (Å²) in [6, 6.07) is 72.2. The van der Waals surface area contributed by atoms with Crippen LogP contribution in [0.4, 0.5) is 0 Å². The summed E-state index contributed by atoms with van der Waals surface area (Å²) >= 11 is 0. The Labute approximate surface area is 345 Å². The number of rotatable bonds is 6. The Morgan fingerprint density at radius 2 is 0.850 bits per heavy atom. The summed E-state index contributed by atoms with van der Waals surface area (Å²) in [7, 11) is 0. The molecule has 12 rings (SSSR count). The van der Waals surface area contributed by atoms with Crippen LogP contribution in [0.5, 0.6) is 0 Å². The lowest BCUT2D eigenvalue weighted by atomic mass is 9.94. The van der Waals surface area contributed by atoms with Crippen LogP contribution in [0.15, 0.2) is 211 Å². The van der Waals surface area contributed by atoms with Crippen molar-refractivity contribution in [2.24, 2.45) is 0 Å². The van der Waals surface area contributed by atoms with Crippen molar-refractivity contribution in [3.8, 4) is 62.1 Å². The average molecular weight is 767 g/mol. The minimum absolute atomic E-state index is 0.607. The maximum Gasteiger partial charge on any atom is 0.164 e.